The van der Waals surface area contributed by atoms with Crippen LogP contribution in [0.25, 0.3) is 32.6 Å². The van der Waals surface area contributed by atoms with Crippen LogP contribution in [0.2, 0.25) is 0 Å². The molecule has 0 aliphatic carbocycles. The molecule has 0 radical (unpaired) electrons. The molecule has 0 bridgehead atoms. The predicted octanol–water partition coefficient (Wildman–Crippen LogP) is 5.64. The van der Waals surface area contributed by atoms with Gasteiger partial charge < -0.3 is 4.74 Å². The van der Waals surface area contributed by atoms with E-state index in [1.54, 1.807) is 49.6 Å². The van der Waals surface area contributed by atoms with Crippen molar-refractivity contribution in [3.8, 4) is 5.75 Å². The highest BCUT2D eigenvalue weighted by molar-refractivity contribution is 7.90. The number of halogens is 1. The number of aromatic nitrogens is 1. The van der Waals surface area contributed by atoms with Crippen LogP contribution in [0.5, 0.6) is 5.75 Å². The van der Waals surface area contributed by atoms with E-state index < -0.39 is 10.0 Å². The average molecular weight is 419 g/mol. The van der Waals surface area contributed by atoms with Gasteiger partial charge >= 0.3 is 0 Å². The highest BCUT2D eigenvalue weighted by atomic mass is 32.2. The second-order valence-corrected chi connectivity index (χ2v) is 9.08. The van der Waals surface area contributed by atoms with Crippen molar-refractivity contribution in [2.45, 2.75) is 11.8 Å². The van der Waals surface area contributed by atoms with Crippen molar-refractivity contribution in [1.29, 1.82) is 0 Å². The first-order chi connectivity index (χ1) is 14.4. The molecular formula is C24H18FNO3S. The van der Waals surface area contributed by atoms with E-state index in [9.17, 15) is 12.8 Å². The van der Waals surface area contributed by atoms with E-state index in [0.29, 0.717) is 27.6 Å². The summed E-state index contributed by atoms with van der Waals surface area (Å²) in [6.07, 6.45) is 0. The Kier molecular flexibility index (Phi) is 4.08. The molecule has 0 saturated heterocycles. The van der Waals surface area contributed by atoms with Crippen molar-refractivity contribution in [2.24, 2.45) is 0 Å². The van der Waals surface area contributed by atoms with Gasteiger partial charge in [-0.05, 0) is 60.8 Å². The van der Waals surface area contributed by atoms with Gasteiger partial charge in [0.1, 0.15) is 11.6 Å². The first-order valence-corrected chi connectivity index (χ1v) is 10.9. The lowest BCUT2D eigenvalue weighted by molar-refractivity contribution is 0.415. The Hall–Kier alpha value is -3.38. The Bertz CT molecular complexity index is 1550. The quantitative estimate of drug-likeness (QED) is 0.380. The second-order valence-electron chi connectivity index (χ2n) is 7.29. The Morgan fingerprint density at radius 2 is 1.57 bits per heavy atom. The van der Waals surface area contributed by atoms with Crippen molar-refractivity contribution < 1.29 is 17.5 Å². The SMILES string of the molecule is COc1ccc2c(c1)c1ccc3cc(F)ccc3c1n2S(=O)(=O)c1ccc(C)cc1. The molecule has 5 rings (SSSR count). The molecule has 4 aromatic carbocycles. The summed E-state index contributed by atoms with van der Waals surface area (Å²) < 4.78 is 48.1. The van der Waals surface area contributed by atoms with Gasteiger partial charge in [-0.2, -0.15) is 0 Å². The number of hydrogen-bond acceptors (Lipinski definition) is 3. The van der Waals surface area contributed by atoms with E-state index >= 15 is 0 Å². The molecule has 6 heteroatoms. The molecule has 1 aromatic heterocycles. The normalized spacial score (nSPS) is 12.1. The summed E-state index contributed by atoms with van der Waals surface area (Å²) in [6.45, 7) is 1.91. The molecule has 4 nitrogen and oxygen atoms in total. The fourth-order valence-corrected chi connectivity index (χ4v) is 5.49. The molecule has 0 saturated carbocycles. The average Bonchev–Trinajstić information content (AvgIpc) is 3.08. The molecule has 0 spiro atoms. The molecule has 0 amide bonds. The van der Waals surface area contributed by atoms with E-state index in [1.807, 2.05) is 25.1 Å². The number of methoxy groups -OCH3 is 1. The first-order valence-electron chi connectivity index (χ1n) is 9.43. The zero-order valence-electron chi connectivity index (χ0n) is 16.4. The fourth-order valence-electron chi connectivity index (χ4n) is 3.94. The van der Waals surface area contributed by atoms with E-state index in [-0.39, 0.29) is 10.7 Å². The van der Waals surface area contributed by atoms with Gasteiger partial charge in [0.05, 0.1) is 23.0 Å². The monoisotopic (exact) mass is 419 g/mol. The number of aryl methyl sites for hydroxylation is 1. The van der Waals surface area contributed by atoms with Crippen LogP contribution in [0.1, 0.15) is 5.56 Å². The van der Waals surface area contributed by atoms with Gasteiger partial charge in [0.15, 0.2) is 0 Å². The van der Waals surface area contributed by atoms with Crippen LogP contribution in [-0.4, -0.2) is 19.5 Å². The third-order valence-electron chi connectivity index (χ3n) is 5.43. The Labute approximate surface area is 173 Å². The molecule has 30 heavy (non-hydrogen) atoms. The zero-order valence-corrected chi connectivity index (χ0v) is 17.2. The van der Waals surface area contributed by atoms with Gasteiger partial charge in [-0.25, -0.2) is 16.8 Å². The molecule has 150 valence electrons. The summed E-state index contributed by atoms with van der Waals surface area (Å²) in [4.78, 5) is 0.196. The maximum absolute atomic E-state index is 13.8. The number of fused-ring (bicyclic) bond motifs is 5. The van der Waals surface area contributed by atoms with Gasteiger partial charge in [0.25, 0.3) is 10.0 Å². The van der Waals surface area contributed by atoms with Crippen LogP contribution in [0.3, 0.4) is 0 Å². The van der Waals surface area contributed by atoms with E-state index in [4.69, 9.17) is 4.74 Å². The Balaban J connectivity index is 1.99. The number of hydrogen-bond donors (Lipinski definition) is 0. The summed E-state index contributed by atoms with van der Waals surface area (Å²) >= 11 is 0. The molecule has 0 aliphatic rings. The Morgan fingerprint density at radius 1 is 0.833 bits per heavy atom. The number of nitrogens with zero attached hydrogens (tertiary/aromatic N) is 1. The van der Waals surface area contributed by atoms with Crippen LogP contribution in [0.15, 0.2) is 77.7 Å². The molecular weight excluding hydrogens is 401 g/mol. The first kappa shape index (κ1) is 18.6. The van der Waals surface area contributed by atoms with Crippen molar-refractivity contribution in [3.05, 3.63) is 84.2 Å². The number of ether oxygens (including phenoxy) is 1. The summed E-state index contributed by atoms with van der Waals surface area (Å²) in [7, 11) is -2.33. The zero-order chi connectivity index (χ0) is 21.0. The summed E-state index contributed by atoms with van der Waals surface area (Å²) in [5.41, 5.74) is 2.04. The maximum Gasteiger partial charge on any atom is 0.268 e. The van der Waals surface area contributed by atoms with Gasteiger partial charge in [0, 0.05) is 16.2 Å². The third kappa shape index (κ3) is 2.68. The van der Waals surface area contributed by atoms with Crippen molar-refractivity contribution >= 4 is 42.6 Å². The van der Waals surface area contributed by atoms with Crippen LogP contribution in [0, 0.1) is 12.7 Å². The van der Waals surface area contributed by atoms with Gasteiger partial charge in [-0.1, -0.05) is 29.8 Å². The lowest BCUT2D eigenvalue weighted by Gasteiger charge is -2.11. The smallest absolute Gasteiger partial charge is 0.268 e. The molecule has 0 fully saturated rings. The number of rotatable bonds is 3. The fraction of sp³-hybridized carbons (Fsp3) is 0.0833. The summed E-state index contributed by atoms with van der Waals surface area (Å²) in [5.74, 6) is 0.265. The summed E-state index contributed by atoms with van der Waals surface area (Å²) in [5, 5.41) is 2.82. The van der Waals surface area contributed by atoms with Crippen LogP contribution >= 0.6 is 0 Å². The lowest BCUT2D eigenvalue weighted by Crippen LogP contribution is -2.13. The maximum atomic E-state index is 13.8. The standard InChI is InChI=1S/C24H18FNO3S/c1-15-3-8-19(9-4-15)30(27,28)26-23-12-7-18(29-2)14-22(23)21-10-5-16-13-17(25)6-11-20(16)24(21)26/h3-14H,1-2H3. The highest BCUT2D eigenvalue weighted by Gasteiger charge is 2.25. The second kappa shape index (κ2) is 6.57. The van der Waals surface area contributed by atoms with E-state index in [2.05, 4.69) is 0 Å². The minimum Gasteiger partial charge on any atom is -0.497 e. The molecule has 0 unspecified atom stereocenters. The molecule has 5 aromatic rings. The van der Waals surface area contributed by atoms with Crippen LogP contribution < -0.4 is 4.74 Å². The van der Waals surface area contributed by atoms with Gasteiger partial charge in [0.2, 0.25) is 0 Å². The van der Waals surface area contributed by atoms with Crippen molar-refractivity contribution in [1.82, 2.24) is 3.97 Å². The molecule has 0 aliphatic heterocycles. The van der Waals surface area contributed by atoms with E-state index in [1.165, 1.54) is 16.1 Å². The summed E-state index contributed by atoms with van der Waals surface area (Å²) in [6, 6.07) is 20.1. The van der Waals surface area contributed by atoms with Crippen molar-refractivity contribution in [3.63, 3.8) is 0 Å². The van der Waals surface area contributed by atoms with Crippen LogP contribution in [-0.2, 0) is 10.0 Å². The Morgan fingerprint density at radius 3 is 2.30 bits per heavy atom. The third-order valence-corrected chi connectivity index (χ3v) is 7.16. The molecule has 1 heterocycles. The number of benzene rings is 4. The van der Waals surface area contributed by atoms with Gasteiger partial charge in [-0.15, -0.1) is 0 Å². The van der Waals surface area contributed by atoms with Crippen LogP contribution in [0.4, 0.5) is 4.39 Å². The van der Waals surface area contributed by atoms with Gasteiger partial charge in [-0.3, -0.25) is 0 Å². The largest absolute Gasteiger partial charge is 0.497 e. The predicted molar refractivity (Wildman–Crippen MR) is 117 cm³/mol. The van der Waals surface area contributed by atoms with E-state index in [0.717, 1.165) is 16.3 Å². The minimum absolute atomic E-state index is 0.196. The van der Waals surface area contributed by atoms with Crippen molar-refractivity contribution in [2.75, 3.05) is 7.11 Å². The highest BCUT2D eigenvalue weighted by Crippen LogP contribution is 2.38. The topological polar surface area (TPSA) is 48.3 Å². The lowest BCUT2D eigenvalue weighted by atomic mass is 10.1. The molecule has 0 atom stereocenters. The molecule has 0 N–H and O–H groups in total. The minimum atomic E-state index is -3.90.